The second-order valence-electron chi connectivity index (χ2n) is 6.78. The Labute approximate surface area is 172 Å². The first-order chi connectivity index (χ1) is 14.1. The van der Waals surface area contributed by atoms with Crippen molar-refractivity contribution >= 4 is 34.0 Å². The third-order valence-electron chi connectivity index (χ3n) is 4.70. The first kappa shape index (κ1) is 19.3. The lowest BCUT2D eigenvalue weighted by Crippen LogP contribution is -2.49. The van der Waals surface area contributed by atoms with E-state index in [0.717, 1.165) is 32.9 Å². The minimum absolute atomic E-state index is 0.221. The second kappa shape index (κ2) is 8.54. The molecule has 0 bridgehead atoms. The van der Waals surface area contributed by atoms with Crippen LogP contribution in [0.25, 0.3) is 10.6 Å². The lowest BCUT2D eigenvalue weighted by molar-refractivity contribution is -0.134. The van der Waals surface area contributed by atoms with Crippen molar-refractivity contribution in [3.05, 3.63) is 48.3 Å². The van der Waals surface area contributed by atoms with Crippen LogP contribution in [0.15, 0.2) is 42.7 Å². The van der Waals surface area contributed by atoms with Gasteiger partial charge in [0.1, 0.15) is 18.2 Å². The van der Waals surface area contributed by atoms with Gasteiger partial charge in [0, 0.05) is 38.6 Å². The summed E-state index contributed by atoms with van der Waals surface area (Å²) >= 11 is 1.58. The van der Waals surface area contributed by atoms with Crippen LogP contribution in [0, 0.1) is 6.92 Å². The van der Waals surface area contributed by atoms with Gasteiger partial charge in [0.05, 0.1) is 10.6 Å². The Kier molecular flexibility index (Phi) is 5.68. The molecule has 3 aromatic heterocycles. The summed E-state index contributed by atoms with van der Waals surface area (Å²) in [5.41, 5.74) is 1.98. The number of piperazine rings is 1. The predicted octanol–water partition coefficient (Wildman–Crippen LogP) is 2.29. The van der Waals surface area contributed by atoms with Crippen LogP contribution in [0.5, 0.6) is 0 Å². The average Bonchev–Trinajstić information content (AvgIpc) is 3.24. The highest BCUT2D eigenvalue weighted by atomic mass is 32.1. The molecular formula is C20H22N6O2S. The fourth-order valence-corrected chi connectivity index (χ4v) is 4.09. The van der Waals surface area contributed by atoms with E-state index in [0.29, 0.717) is 26.2 Å². The summed E-state index contributed by atoms with van der Waals surface area (Å²) in [7, 11) is 0. The number of hydrogen-bond acceptors (Lipinski definition) is 8. The van der Waals surface area contributed by atoms with E-state index < -0.39 is 6.61 Å². The van der Waals surface area contributed by atoms with E-state index in [2.05, 4.69) is 20.2 Å². The first-order valence-electron chi connectivity index (χ1n) is 9.39. The van der Waals surface area contributed by atoms with E-state index in [1.165, 1.54) is 0 Å². The predicted molar refractivity (Wildman–Crippen MR) is 113 cm³/mol. The second-order valence-corrected chi connectivity index (χ2v) is 7.79. The van der Waals surface area contributed by atoms with Crippen LogP contribution in [0.4, 0.5) is 16.8 Å². The highest BCUT2D eigenvalue weighted by Gasteiger charge is 2.22. The maximum atomic E-state index is 11.6. The normalized spacial score (nSPS) is 14.1. The molecule has 0 spiro atoms. The largest absolute Gasteiger partial charge is 0.387 e. The van der Waals surface area contributed by atoms with Gasteiger partial charge in [0.15, 0.2) is 5.13 Å². The molecule has 1 aliphatic heterocycles. The number of hydrogen-bond donors (Lipinski definition) is 2. The number of aliphatic hydroxyl groups excluding tert-OH is 1. The molecule has 1 fully saturated rings. The van der Waals surface area contributed by atoms with Gasteiger partial charge in [-0.3, -0.25) is 4.79 Å². The molecule has 0 aromatic carbocycles. The van der Waals surface area contributed by atoms with Gasteiger partial charge >= 0.3 is 0 Å². The Balaban J connectivity index is 1.45. The van der Waals surface area contributed by atoms with Gasteiger partial charge in [-0.25, -0.2) is 15.0 Å². The summed E-state index contributed by atoms with van der Waals surface area (Å²) in [4.78, 5) is 30.0. The van der Waals surface area contributed by atoms with E-state index >= 15 is 0 Å². The lowest BCUT2D eigenvalue weighted by Gasteiger charge is -2.34. The van der Waals surface area contributed by atoms with Crippen molar-refractivity contribution in [2.75, 3.05) is 43.0 Å². The van der Waals surface area contributed by atoms with Crippen LogP contribution in [0.3, 0.4) is 0 Å². The zero-order valence-electron chi connectivity index (χ0n) is 16.1. The average molecular weight is 411 g/mol. The van der Waals surface area contributed by atoms with E-state index in [9.17, 15) is 4.79 Å². The number of anilines is 3. The summed E-state index contributed by atoms with van der Waals surface area (Å²) < 4.78 is 0. The highest BCUT2D eigenvalue weighted by Crippen LogP contribution is 2.31. The van der Waals surface area contributed by atoms with Gasteiger partial charge in [-0.1, -0.05) is 17.4 Å². The fraction of sp³-hybridized carbons (Fsp3) is 0.300. The van der Waals surface area contributed by atoms with Gasteiger partial charge in [0.2, 0.25) is 5.91 Å². The lowest BCUT2D eigenvalue weighted by atomic mass is 10.3. The van der Waals surface area contributed by atoms with Crippen LogP contribution in [0.2, 0.25) is 0 Å². The molecule has 4 heterocycles. The van der Waals surface area contributed by atoms with Gasteiger partial charge in [0.25, 0.3) is 0 Å². The van der Waals surface area contributed by atoms with E-state index in [4.69, 9.17) is 10.1 Å². The number of carbonyl (C=O) groups is 1. The number of nitrogens with one attached hydrogen (secondary N) is 1. The van der Waals surface area contributed by atoms with Crippen LogP contribution in [0.1, 0.15) is 5.56 Å². The number of aryl methyl sites for hydroxylation is 1. The first-order valence-corrected chi connectivity index (χ1v) is 10.2. The van der Waals surface area contributed by atoms with Crippen LogP contribution in [-0.4, -0.2) is 63.7 Å². The molecule has 8 nitrogen and oxygen atoms in total. The molecule has 29 heavy (non-hydrogen) atoms. The zero-order valence-corrected chi connectivity index (χ0v) is 16.9. The molecule has 1 saturated heterocycles. The number of thiazole rings is 1. The molecule has 0 aliphatic carbocycles. The maximum absolute atomic E-state index is 11.6. The Bertz CT molecular complexity index is 1000. The summed E-state index contributed by atoms with van der Waals surface area (Å²) in [5, 5.41) is 13.2. The number of pyridine rings is 2. The third kappa shape index (κ3) is 4.52. The zero-order chi connectivity index (χ0) is 20.2. The van der Waals surface area contributed by atoms with Gasteiger partial charge in [-0.2, -0.15) is 0 Å². The van der Waals surface area contributed by atoms with E-state index in [-0.39, 0.29) is 5.91 Å². The van der Waals surface area contributed by atoms with Crippen LogP contribution >= 0.6 is 11.3 Å². The summed E-state index contributed by atoms with van der Waals surface area (Å²) in [6, 6.07) is 9.75. The van der Waals surface area contributed by atoms with Crippen molar-refractivity contribution < 1.29 is 9.90 Å². The van der Waals surface area contributed by atoms with E-state index in [1.807, 2.05) is 43.5 Å². The molecule has 2 N–H and O–H groups in total. The summed E-state index contributed by atoms with van der Waals surface area (Å²) in [5.74, 6) is 1.27. The SMILES string of the molecule is Cc1ccnc(Nc2cccc(-c3cnc(N4CCN(C(=O)CO)CC4)s3)n2)c1. The number of amides is 1. The Morgan fingerprint density at radius 1 is 1.17 bits per heavy atom. The Morgan fingerprint density at radius 3 is 2.76 bits per heavy atom. The standard InChI is InChI=1S/C20H22N6O2S/c1-14-5-6-21-18(11-14)24-17-4-2-3-15(23-17)16-12-22-20(29-16)26-9-7-25(8-10-26)19(28)13-27/h2-6,11-12,27H,7-10,13H2,1H3,(H,21,23,24). The minimum Gasteiger partial charge on any atom is -0.387 e. The topological polar surface area (TPSA) is 94.5 Å². The van der Waals surface area contributed by atoms with Gasteiger partial charge in [-0.05, 0) is 36.8 Å². The molecule has 150 valence electrons. The van der Waals surface area contributed by atoms with Crippen molar-refractivity contribution in [1.82, 2.24) is 19.9 Å². The number of aliphatic hydroxyl groups is 1. The molecule has 1 aliphatic rings. The molecule has 1 amide bonds. The minimum atomic E-state index is -0.435. The number of rotatable bonds is 5. The molecule has 0 atom stereocenters. The molecular weight excluding hydrogens is 388 g/mol. The Morgan fingerprint density at radius 2 is 2.00 bits per heavy atom. The number of aromatic nitrogens is 3. The van der Waals surface area contributed by atoms with Crippen molar-refractivity contribution in [2.24, 2.45) is 0 Å². The molecule has 0 unspecified atom stereocenters. The van der Waals surface area contributed by atoms with Gasteiger partial charge in [-0.15, -0.1) is 0 Å². The third-order valence-corrected chi connectivity index (χ3v) is 5.79. The molecule has 4 rings (SSSR count). The fourth-order valence-electron chi connectivity index (χ4n) is 3.15. The highest BCUT2D eigenvalue weighted by molar-refractivity contribution is 7.18. The quantitative estimate of drug-likeness (QED) is 0.666. The van der Waals surface area contributed by atoms with Crippen molar-refractivity contribution in [3.8, 4) is 10.6 Å². The van der Waals surface area contributed by atoms with Crippen molar-refractivity contribution in [3.63, 3.8) is 0 Å². The van der Waals surface area contributed by atoms with Crippen molar-refractivity contribution in [1.29, 1.82) is 0 Å². The van der Waals surface area contributed by atoms with Gasteiger partial charge < -0.3 is 20.2 Å². The summed E-state index contributed by atoms with van der Waals surface area (Å²) in [6.07, 6.45) is 3.60. The monoisotopic (exact) mass is 410 g/mol. The number of nitrogens with zero attached hydrogens (tertiary/aromatic N) is 5. The summed E-state index contributed by atoms with van der Waals surface area (Å²) in [6.45, 7) is 4.18. The molecule has 0 radical (unpaired) electrons. The molecule has 3 aromatic rings. The van der Waals surface area contributed by atoms with Crippen LogP contribution < -0.4 is 10.2 Å². The van der Waals surface area contributed by atoms with Crippen molar-refractivity contribution in [2.45, 2.75) is 6.92 Å². The van der Waals surface area contributed by atoms with Crippen LogP contribution in [-0.2, 0) is 4.79 Å². The Hall–Kier alpha value is -3.04. The molecule has 0 saturated carbocycles. The smallest absolute Gasteiger partial charge is 0.248 e. The van der Waals surface area contributed by atoms with E-state index in [1.54, 1.807) is 22.4 Å². The number of carbonyl (C=O) groups excluding carboxylic acids is 1. The maximum Gasteiger partial charge on any atom is 0.248 e. The molecule has 9 heteroatoms.